The van der Waals surface area contributed by atoms with Gasteiger partial charge in [-0.15, -0.1) is 0 Å². The number of nitrogens with zero attached hydrogens (tertiary/aromatic N) is 1. The van der Waals surface area contributed by atoms with Crippen molar-refractivity contribution in [2.45, 2.75) is 31.7 Å². The van der Waals surface area contributed by atoms with Gasteiger partial charge < -0.3 is 9.47 Å². The zero-order valence-corrected chi connectivity index (χ0v) is 12.2. The third kappa shape index (κ3) is 3.43. The Kier molecular flexibility index (Phi) is 4.86. The first-order valence-corrected chi connectivity index (χ1v) is 7.17. The van der Waals surface area contributed by atoms with Crippen LogP contribution in [0.3, 0.4) is 0 Å². The van der Waals surface area contributed by atoms with Crippen LogP contribution in [0, 0.1) is 17.2 Å². The van der Waals surface area contributed by atoms with E-state index in [4.69, 9.17) is 9.47 Å². The van der Waals surface area contributed by atoms with E-state index in [-0.39, 0.29) is 0 Å². The van der Waals surface area contributed by atoms with Crippen molar-refractivity contribution in [3.63, 3.8) is 0 Å². The zero-order chi connectivity index (χ0) is 14.4. The molecule has 0 radical (unpaired) electrons. The lowest BCUT2D eigenvalue weighted by molar-refractivity contribution is 0.202. The molecule has 0 heterocycles. The first kappa shape index (κ1) is 14.7. The number of nitrogens with one attached hydrogen (secondary N) is 1. The molecule has 0 bridgehead atoms. The van der Waals surface area contributed by atoms with Crippen LogP contribution in [0.2, 0.25) is 0 Å². The van der Waals surface area contributed by atoms with E-state index in [2.05, 4.69) is 18.3 Å². The number of benzene rings is 1. The fraction of sp³-hybridized carbons (Fsp3) is 0.562. The van der Waals surface area contributed by atoms with E-state index < -0.39 is 5.54 Å². The number of rotatable bonds is 8. The zero-order valence-electron chi connectivity index (χ0n) is 12.2. The van der Waals surface area contributed by atoms with Crippen molar-refractivity contribution in [3.8, 4) is 17.6 Å². The van der Waals surface area contributed by atoms with Crippen molar-refractivity contribution < 1.29 is 9.47 Å². The van der Waals surface area contributed by atoms with E-state index in [1.807, 2.05) is 24.3 Å². The summed E-state index contributed by atoms with van der Waals surface area (Å²) in [5.74, 6) is 1.91. The molecule has 20 heavy (non-hydrogen) atoms. The van der Waals surface area contributed by atoms with Gasteiger partial charge in [0, 0.05) is 6.07 Å². The van der Waals surface area contributed by atoms with Crippen molar-refractivity contribution in [1.29, 1.82) is 5.26 Å². The second kappa shape index (κ2) is 6.62. The van der Waals surface area contributed by atoms with Crippen LogP contribution in [0.15, 0.2) is 24.3 Å². The van der Waals surface area contributed by atoms with E-state index in [9.17, 15) is 5.26 Å². The van der Waals surface area contributed by atoms with Gasteiger partial charge in [0.15, 0.2) is 0 Å². The Morgan fingerprint density at radius 1 is 1.40 bits per heavy atom. The van der Waals surface area contributed by atoms with Crippen LogP contribution >= 0.6 is 0 Å². The third-order valence-corrected chi connectivity index (χ3v) is 3.67. The molecule has 1 fully saturated rings. The fourth-order valence-corrected chi connectivity index (χ4v) is 2.29. The number of nitriles is 1. The topological polar surface area (TPSA) is 54.3 Å². The highest BCUT2D eigenvalue weighted by molar-refractivity contribution is 5.33. The summed E-state index contributed by atoms with van der Waals surface area (Å²) < 4.78 is 11.0. The molecule has 0 aromatic heterocycles. The van der Waals surface area contributed by atoms with E-state index in [0.29, 0.717) is 12.5 Å². The molecule has 1 aromatic carbocycles. The molecule has 0 amide bonds. The van der Waals surface area contributed by atoms with Crippen LogP contribution in [-0.2, 0) is 0 Å². The minimum absolute atomic E-state index is 0.376. The third-order valence-electron chi connectivity index (χ3n) is 3.67. The van der Waals surface area contributed by atoms with Gasteiger partial charge in [-0.3, -0.25) is 5.32 Å². The van der Waals surface area contributed by atoms with Gasteiger partial charge in [-0.1, -0.05) is 13.0 Å². The molecule has 1 N–H and O–H groups in total. The van der Waals surface area contributed by atoms with Gasteiger partial charge in [-0.25, -0.2) is 0 Å². The molecular formula is C16H22N2O2. The van der Waals surface area contributed by atoms with Crippen LogP contribution in [0.4, 0.5) is 0 Å². The monoisotopic (exact) mass is 274 g/mol. The second-order valence-corrected chi connectivity index (χ2v) is 5.25. The highest BCUT2D eigenvalue weighted by Gasteiger charge is 2.46. The molecule has 1 aliphatic rings. The molecule has 1 atom stereocenters. The quantitative estimate of drug-likeness (QED) is 0.792. The molecule has 0 saturated heterocycles. The van der Waals surface area contributed by atoms with Crippen LogP contribution in [0.25, 0.3) is 0 Å². The van der Waals surface area contributed by atoms with E-state index in [1.54, 1.807) is 7.11 Å². The Bertz CT molecular complexity index is 480. The molecule has 1 unspecified atom stereocenters. The van der Waals surface area contributed by atoms with Crippen molar-refractivity contribution >= 4 is 0 Å². The molecular weight excluding hydrogens is 252 g/mol. The van der Waals surface area contributed by atoms with Crippen LogP contribution < -0.4 is 14.8 Å². The van der Waals surface area contributed by atoms with Crippen LogP contribution in [0.1, 0.15) is 26.2 Å². The molecule has 1 saturated carbocycles. The fourth-order valence-electron chi connectivity index (χ4n) is 2.29. The molecule has 1 aliphatic carbocycles. The predicted molar refractivity (Wildman–Crippen MR) is 77.9 cm³/mol. The predicted octanol–water partition coefficient (Wildman–Crippen LogP) is 2.75. The first-order chi connectivity index (χ1) is 9.74. The SMILES string of the molecule is CCCNC(C#N)(COc1cccc(OC)c1)C1CC1. The van der Waals surface area contributed by atoms with Crippen molar-refractivity contribution in [2.24, 2.45) is 5.92 Å². The van der Waals surface area contributed by atoms with E-state index in [1.165, 1.54) is 0 Å². The highest BCUT2D eigenvalue weighted by Crippen LogP contribution is 2.40. The molecule has 0 aliphatic heterocycles. The van der Waals surface area contributed by atoms with Crippen molar-refractivity contribution in [2.75, 3.05) is 20.3 Å². The summed E-state index contributed by atoms with van der Waals surface area (Å²) >= 11 is 0. The minimum Gasteiger partial charge on any atom is -0.497 e. The second-order valence-electron chi connectivity index (χ2n) is 5.25. The lowest BCUT2D eigenvalue weighted by atomic mass is 9.96. The summed E-state index contributed by atoms with van der Waals surface area (Å²) in [6.45, 7) is 3.32. The summed E-state index contributed by atoms with van der Waals surface area (Å²) in [6, 6.07) is 9.94. The van der Waals surface area contributed by atoms with Gasteiger partial charge in [0.1, 0.15) is 23.6 Å². The molecule has 4 heteroatoms. The Morgan fingerprint density at radius 2 is 2.15 bits per heavy atom. The Balaban J connectivity index is 2.02. The van der Waals surface area contributed by atoms with Crippen molar-refractivity contribution in [3.05, 3.63) is 24.3 Å². The molecule has 4 nitrogen and oxygen atoms in total. The summed E-state index contributed by atoms with van der Waals surface area (Å²) in [4.78, 5) is 0. The first-order valence-electron chi connectivity index (χ1n) is 7.17. The Labute approximate surface area is 120 Å². The number of hydrogen-bond donors (Lipinski definition) is 1. The van der Waals surface area contributed by atoms with Gasteiger partial charge in [-0.2, -0.15) is 5.26 Å². The summed E-state index contributed by atoms with van der Waals surface area (Å²) in [7, 11) is 1.63. The molecule has 0 spiro atoms. The van der Waals surface area contributed by atoms with Gasteiger partial charge in [-0.05, 0) is 43.9 Å². The van der Waals surface area contributed by atoms with Gasteiger partial charge in [0.2, 0.25) is 0 Å². The van der Waals surface area contributed by atoms with Crippen LogP contribution in [-0.4, -0.2) is 25.8 Å². The van der Waals surface area contributed by atoms with Crippen LogP contribution in [0.5, 0.6) is 11.5 Å². The Hall–Kier alpha value is -1.73. The van der Waals surface area contributed by atoms with Gasteiger partial charge in [0.05, 0.1) is 13.2 Å². The average molecular weight is 274 g/mol. The Morgan fingerprint density at radius 3 is 2.75 bits per heavy atom. The lowest BCUT2D eigenvalue weighted by Crippen LogP contribution is -2.51. The van der Waals surface area contributed by atoms with Gasteiger partial charge in [0.25, 0.3) is 0 Å². The summed E-state index contributed by atoms with van der Waals surface area (Å²) in [5.41, 5.74) is -0.556. The largest absolute Gasteiger partial charge is 0.497 e. The maximum atomic E-state index is 9.58. The summed E-state index contributed by atoms with van der Waals surface area (Å²) in [6.07, 6.45) is 3.22. The lowest BCUT2D eigenvalue weighted by Gasteiger charge is -2.28. The van der Waals surface area contributed by atoms with Gasteiger partial charge >= 0.3 is 0 Å². The van der Waals surface area contributed by atoms with Crippen molar-refractivity contribution in [1.82, 2.24) is 5.32 Å². The normalized spacial score (nSPS) is 17.1. The van der Waals surface area contributed by atoms with E-state index in [0.717, 1.165) is 37.3 Å². The maximum Gasteiger partial charge on any atom is 0.143 e. The smallest absolute Gasteiger partial charge is 0.143 e. The highest BCUT2D eigenvalue weighted by atomic mass is 16.5. The number of hydrogen-bond acceptors (Lipinski definition) is 4. The maximum absolute atomic E-state index is 9.58. The van der Waals surface area contributed by atoms with E-state index >= 15 is 0 Å². The molecule has 2 rings (SSSR count). The molecule has 108 valence electrons. The number of ether oxygens (including phenoxy) is 2. The standard InChI is InChI=1S/C16H22N2O2/c1-3-9-18-16(11-17,13-7-8-13)12-20-15-6-4-5-14(10-15)19-2/h4-6,10,13,18H,3,7-9,12H2,1-2H3. The number of methoxy groups -OCH3 is 1. The molecule has 1 aromatic rings. The minimum atomic E-state index is -0.556. The average Bonchev–Trinajstić information content (AvgIpc) is 3.33. The summed E-state index contributed by atoms with van der Waals surface area (Å²) in [5, 5.41) is 13.0.